The highest BCUT2D eigenvalue weighted by Gasteiger charge is 2.38. The second-order valence-corrected chi connectivity index (χ2v) is 9.74. The molecule has 11 heteroatoms. The molecule has 4 rings (SSSR count). The predicted octanol–water partition coefficient (Wildman–Crippen LogP) is 2.80. The van der Waals surface area contributed by atoms with Crippen LogP contribution in [0.2, 0.25) is 0 Å². The van der Waals surface area contributed by atoms with Gasteiger partial charge in [-0.1, -0.05) is 30.8 Å². The van der Waals surface area contributed by atoms with Crippen LogP contribution in [0.3, 0.4) is 0 Å². The lowest BCUT2D eigenvalue weighted by atomic mass is 9.89. The molecule has 36 heavy (non-hydrogen) atoms. The van der Waals surface area contributed by atoms with Crippen LogP contribution in [0.1, 0.15) is 63.6 Å². The number of carbonyl (C=O) groups is 2. The van der Waals surface area contributed by atoms with E-state index in [9.17, 15) is 14.4 Å². The number of likely N-dealkylation sites (N-methyl/N-ethyl adjacent to an activating group) is 1. The largest absolute Gasteiger partial charge is 0.419 e. The Labute approximate surface area is 209 Å². The van der Waals surface area contributed by atoms with Crippen molar-refractivity contribution in [1.82, 2.24) is 24.9 Å². The van der Waals surface area contributed by atoms with Crippen LogP contribution in [0.25, 0.3) is 11.1 Å². The number of anilines is 1. The zero-order chi connectivity index (χ0) is 25.7. The summed E-state index contributed by atoms with van der Waals surface area (Å²) in [6, 6.07) is 5.12. The van der Waals surface area contributed by atoms with Crippen molar-refractivity contribution in [2.75, 3.05) is 26.0 Å². The van der Waals surface area contributed by atoms with Crippen molar-refractivity contribution < 1.29 is 18.5 Å². The lowest BCUT2D eigenvalue weighted by Crippen LogP contribution is -2.45. The van der Waals surface area contributed by atoms with Crippen LogP contribution in [-0.4, -0.2) is 52.1 Å². The highest BCUT2D eigenvalue weighted by atomic mass is 16.5. The van der Waals surface area contributed by atoms with Gasteiger partial charge < -0.3 is 24.5 Å². The molecule has 0 atom stereocenters. The maximum absolute atomic E-state index is 12.6. The highest BCUT2D eigenvalue weighted by Crippen LogP contribution is 2.34. The molecule has 1 fully saturated rings. The average molecular weight is 499 g/mol. The Kier molecular flexibility index (Phi) is 7.88. The zero-order valence-corrected chi connectivity index (χ0v) is 21.1. The summed E-state index contributed by atoms with van der Waals surface area (Å²) in [6.07, 6.45) is 6.14. The van der Waals surface area contributed by atoms with Gasteiger partial charge >= 0.3 is 5.76 Å². The molecule has 2 aromatic heterocycles. The Balaban J connectivity index is 1.40. The molecular weight excluding hydrogens is 464 g/mol. The number of oxazole rings is 1. The molecule has 0 radical (unpaired) electrons. The molecule has 2 heterocycles. The molecule has 1 aromatic carbocycles. The number of rotatable bonds is 9. The van der Waals surface area contributed by atoms with Crippen molar-refractivity contribution in [3.63, 3.8) is 0 Å². The monoisotopic (exact) mass is 498 g/mol. The fourth-order valence-electron chi connectivity index (χ4n) is 4.72. The Bertz CT molecular complexity index is 1270. The molecule has 1 aliphatic rings. The first-order valence-electron chi connectivity index (χ1n) is 12.5. The molecule has 0 spiro atoms. The third kappa shape index (κ3) is 6.01. The third-order valence-corrected chi connectivity index (χ3v) is 6.56. The molecule has 11 nitrogen and oxygen atoms in total. The van der Waals surface area contributed by atoms with Gasteiger partial charge in [-0.15, -0.1) is 0 Å². The average Bonchev–Trinajstić information content (AvgIpc) is 3.34. The molecule has 194 valence electrons. The maximum atomic E-state index is 12.6. The van der Waals surface area contributed by atoms with Crippen LogP contribution in [0, 0.1) is 0 Å². The lowest BCUT2D eigenvalue weighted by molar-refractivity contribution is -0.121. The third-order valence-electron chi connectivity index (χ3n) is 6.56. The molecule has 3 aromatic rings. The van der Waals surface area contributed by atoms with Gasteiger partial charge in [-0.2, -0.15) is 4.98 Å². The number of nitrogens with one attached hydrogen (secondary N) is 2. The van der Waals surface area contributed by atoms with E-state index < -0.39 is 11.3 Å². The molecule has 0 unspecified atom stereocenters. The summed E-state index contributed by atoms with van der Waals surface area (Å²) in [7, 11) is 3.86. The van der Waals surface area contributed by atoms with E-state index in [1.54, 1.807) is 22.8 Å². The number of aromatic nitrogens is 3. The standard InChI is InChI=1S/C25H34N6O5/c1-17(32)28-25(12-6-4-5-7-13-25)23-27-22(36-29-23)11-10-21(33)26-18-8-9-20-19(16-18)31(24(34)35-20)15-14-30(2)3/h8-9,16H,4-7,10-15H2,1-3H3,(H,26,33)(H,28,32). The lowest BCUT2D eigenvalue weighted by Gasteiger charge is -2.30. The van der Waals surface area contributed by atoms with Crippen molar-refractivity contribution in [2.45, 2.75) is 70.4 Å². The minimum atomic E-state index is -0.616. The summed E-state index contributed by atoms with van der Waals surface area (Å²) in [5.74, 6) is 0.0800. The van der Waals surface area contributed by atoms with E-state index in [4.69, 9.17) is 8.94 Å². The molecule has 2 N–H and O–H groups in total. The van der Waals surface area contributed by atoms with Crippen LogP contribution in [0.5, 0.6) is 0 Å². The minimum Gasteiger partial charge on any atom is -0.408 e. The van der Waals surface area contributed by atoms with Crippen LogP contribution in [0.4, 0.5) is 5.69 Å². The molecule has 0 saturated heterocycles. The van der Waals surface area contributed by atoms with Crippen LogP contribution < -0.4 is 16.4 Å². The van der Waals surface area contributed by atoms with Gasteiger partial charge in [-0.3, -0.25) is 14.2 Å². The van der Waals surface area contributed by atoms with Crippen molar-refractivity contribution in [1.29, 1.82) is 0 Å². The molecule has 0 aliphatic heterocycles. The van der Waals surface area contributed by atoms with Gasteiger partial charge in [0.05, 0.1) is 5.52 Å². The number of hydrogen-bond donors (Lipinski definition) is 2. The Morgan fingerprint density at radius 2 is 1.92 bits per heavy atom. The summed E-state index contributed by atoms with van der Waals surface area (Å²) in [5.41, 5.74) is 1.06. The second-order valence-electron chi connectivity index (χ2n) is 9.74. The van der Waals surface area contributed by atoms with Crippen molar-refractivity contribution in [2.24, 2.45) is 0 Å². The normalized spacial score (nSPS) is 15.7. The van der Waals surface area contributed by atoms with E-state index in [2.05, 4.69) is 20.8 Å². The minimum absolute atomic E-state index is 0.121. The van der Waals surface area contributed by atoms with Gasteiger partial charge in [-0.05, 0) is 45.1 Å². The number of amides is 2. The maximum Gasteiger partial charge on any atom is 0.419 e. The first-order valence-corrected chi connectivity index (χ1v) is 12.5. The molecular formula is C25H34N6O5. The summed E-state index contributed by atoms with van der Waals surface area (Å²) in [5, 5.41) is 10.1. The fourth-order valence-corrected chi connectivity index (χ4v) is 4.72. The highest BCUT2D eigenvalue weighted by molar-refractivity contribution is 5.92. The second kappa shape index (κ2) is 11.1. The number of nitrogens with zero attached hydrogens (tertiary/aromatic N) is 4. The van der Waals surface area contributed by atoms with Gasteiger partial charge in [0.2, 0.25) is 17.7 Å². The summed E-state index contributed by atoms with van der Waals surface area (Å²) < 4.78 is 12.3. The quantitative estimate of drug-likeness (QED) is 0.430. The smallest absolute Gasteiger partial charge is 0.408 e. The number of aryl methyl sites for hydroxylation is 1. The van der Waals surface area contributed by atoms with E-state index in [1.165, 1.54) is 6.92 Å². The Morgan fingerprint density at radius 3 is 2.61 bits per heavy atom. The first-order chi connectivity index (χ1) is 17.3. The van der Waals surface area contributed by atoms with Crippen LogP contribution in [0.15, 0.2) is 31.9 Å². The van der Waals surface area contributed by atoms with Gasteiger partial charge in [0.15, 0.2) is 11.4 Å². The Hall–Kier alpha value is -3.47. The van der Waals surface area contributed by atoms with Crippen molar-refractivity contribution in [3.05, 3.63) is 40.5 Å². The predicted molar refractivity (Wildman–Crippen MR) is 133 cm³/mol. The first kappa shape index (κ1) is 25.6. The summed E-state index contributed by atoms with van der Waals surface area (Å²) in [4.78, 5) is 43.3. The van der Waals surface area contributed by atoms with Crippen molar-refractivity contribution >= 4 is 28.6 Å². The van der Waals surface area contributed by atoms with Gasteiger partial charge in [-0.25, -0.2) is 4.79 Å². The summed E-state index contributed by atoms with van der Waals surface area (Å²) in [6.45, 7) is 2.66. The van der Waals surface area contributed by atoms with E-state index in [0.717, 1.165) is 38.5 Å². The topological polar surface area (TPSA) is 136 Å². The van der Waals surface area contributed by atoms with Gasteiger partial charge in [0, 0.05) is 38.5 Å². The molecule has 1 saturated carbocycles. The molecule has 2 amide bonds. The molecule has 1 aliphatic carbocycles. The number of hydrogen-bond acceptors (Lipinski definition) is 8. The van der Waals surface area contributed by atoms with E-state index in [0.29, 0.717) is 41.6 Å². The molecule has 0 bridgehead atoms. The fraction of sp³-hybridized carbons (Fsp3) is 0.560. The van der Waals surface area contributed by atoms with Gasteiger partial charge in [0.25, 0.3) is 0 Å². The number of fused-ring (bicyclic) bond motifs is 1. The van der Waals surface area contributed by atoms with E-state index in [-0.39, 0.29) is 24.7 Å². The Morgan fingerprint density at radius 1 is 1.17 bits per heavy atom. The number of benzene rings is 1. The summed E-state index contributed by atoms with van der Waals surface area (Å²) >= 11 is 0. The van der Waals surface area contributed by atoms with E-state index in [1.807, 2.05) is 19.0 Å². The number of carbonyl (C=O) groups excluding carboxylic acids is 2. The van der Waals surface area contributed by atoms with Crippen LogP contribution >= 0.6 is 0 Å². The van der Waals surface area contributed by atoms with Gasteiger partial charge in [0.1, 0.15) is 5.54 Å². The zero-order valence-electron chi connectivity index (χ0n) is 21.1. The SMILES string of the molecule is CC(=O)NC1(c2noc(CCC(=O)Nc3ccc4oc(=O)n(CCN(C)C)c4c3)n2)CCCCCC1. The van der Waals surface area contributed by atoms with Crippen molar-refractivity contribution in [3.8, 4) is 0 Å². The van der Waals surface area contributed by atoms with E-state index >= 15 is 0 Å². The van der Waals surface area contributed by atoms with Crippen LogP contribution in [-0.2, 0) is 28.1 Å².